The number of fused-ring (bicyclic) bond motifs is 1. The second kappa shape index (κ2) is 7.60. The van der Waals surface area contributed by atoms with Crippen LogP contribution in [0, 0.1) is 0 Å². The van der Waals surface area contributed by atoms with Crippen molar-refractivity contribution in [2.24, 2.45) is 0 Å². The Kier molecular flexibility index (Phi) is 5.05. The maximum atomic E-state index is 12.9. The molecule has 0 spiro atoms. The van der Waals surface area contributed by atoms with E-state index in [9.17, 15) is 4.79 Å². The topological polar surface area (TPSA) is 51.0 Å². The van der Waals surface area contributed by atoms with Crippen LogP contribution >= 0.6 is 0 Å². The number of likely N-dealkylation sites (tertiary alicyclic amines) is 1. The van der Waals surface area contributed by atoms with Gasteiger partial charge in [-0.3, -0.25) is 4.79 Å². The minimum absolute atomic E-state index is 0.146. The van der Waals surface area contributed by atoms with Crippen LogP contribution < -0.4 is 0 Å². The molecule has 1 amide bonds. The van der Waals surface area contributed by atoms with Gasteiger partial charge in [0.2, 0.25) is 0 Å². The third-order valence-corrected chi connectivity index (χ3v) is 5.82. The van der Waals surface area contributed by atoms with E-state index in [1.54, 1.807) is 0 Å². The van der Waals surface area contributed by atoms with Crippen molar-refractivity contribution in [3.8, 4) is 0 Å². The van der Waals surface area contributed by atoms with Gasteiger partial charge in [-0.25, -0.2) is 0 Å². The van der Waals surface area contributed by atoms with E-state index in [1.807, 2.05) is 17.0 Å². The number of amides is 1. The standard InChI is InChI=1S/C21H28N4O/c1-2-16-9-11-17(12-10-16)21(26)24-13-6-7-18(15-24)20-23-22-19-8-4-3-5-14-25(19)20/h9-12,18H,2-8,13-15H2,1H3. The molecule has 26 heavy (non-hydrogen) atoms. The molecule has 2 aliphatic rings. The number of aromatic nitrogens is 3. The van der Waals surface area contributed by atoms with Gasteiger partial charge in [0.25, 0.3) is 5.91 Å². The van der Waals surface area contributed by atoms with E-state index in [4.69, 9.17) is 0 Å². The van der Waals surface area contributed by atoms with Crippen molar-refractivity contribution in [3.63, 3.8) is 0 Å². The molecule has 0 aliphatic carbocycles. The number of carbonyl (C=O) groups excluding carboxylic acids is 1. The lowest BCUT2D eigenvalue weighted by molar-refractivity contribution is 0.0703. The summed E-state index contributed by atoms with van der Waals surface area (Å²) in [5.41, 5.74) is 2.06. The molecule has 5 nitrogen and oxygen atoms in total. The van der Waals surface area contributed by atoms with E-state index >= 15 is 0 Å². The Labute approximate surface area is 155 Å². The first-order chi connectivity index (χ1) is 12.8. The number of rotatable bonds is 3. The number of nitrogens with zero attached hydrogens (tertiary/aromatic N) is 4. The van der Waals surface area contributed by atoms with Gasteiger partial charge in [0.05, 0.1) is 0 Å². The van der Waals surface area contributed by atoms with E-state index < -0.39 is 0 Å². The lowest BCUT2D eigenvalue weighted by Crippen LogP contribution is -2.39. The molecule has 1 atom stereocenters. The zero-order valence-electron chi connectivity index (χ0n) is 15.7. The third-order valence-electron chi connectivity index (χ3n) is 5.82. The first-order valence-corrected chi connectivity index (χ1v) is 10.1. The molecule has 2 aromatic rings. The summed E-state index contributed by atoms with van der Waals surface area (Å²) >= 11 is 0. The van der Waals surface area contributed by atoms with Gasteiger partial charge in [0.1, 0.15) is 11.6 Å². The summed E-state index contributed by atoms with van der Waals surface area (Å²) in [7, 11) is 0. The molecule has 138 valence electrons. The predicted molar refractivity (Wildman–Crippen MR) is 101 cm³/mol. The molecule has 4 rings (SSSR count). The lowest BCUT2D eigenvalue weighted by atomic mass is 9.96. The largest absolute Gasteiger partial charge is 0.338 e. The van der Waals surface area contributed by atoms with Gasteiger partial charge in [0.15, 0.2) is 0 Å². The van der Waals surface area contributed by atoms with Crippen molar-refractivity contribution in [1.82, 2.24) is 19.7 Å². The Bertz CT molecular complexity index is 765. The zero-order valence-corrected chi connectivity index (χ0v) is 15.7. The summed E-state index contributed by atoms with van der Waals surface area (Å²) in [5.74, 6) is 2.69. The normalized spacial score (nSPS) is 20.5. The fourth-order valence-corrected chi connectivity index (χ4v) is 4.25. The van der Waals surface area contributed by atoms with Gasteiger partial charge < -0.3 is 9.47 Å². The molecule has 1 saturated heterocycles. The lowest BCUT2D eigenvalue weighted by Gasteiger charge is -2.32. The van der Waals surface area contributed by atoms with Gasteiger partial charge >= 0.3 is 0 Å². The summed E-state index contributed by atoms with van der Waals surface area (Å²) in [6.45, 7) is 4.76. The van der Waals surface area contributed by atoms with Gasteiger partial charge in [-0.15, -0.1) is 10.2 Å². The van der Waals surface area contributed by atoms with Crippen LogP contribution in [-0.2, 0) is 19.4 Å². The number of aryl methyl sites for hydroxylation is 2. The van der Waals surface area contributed by atoms with Crippen LogP contribution in [0.5, 0.6) is 0 Å². The van der Waals surface area contributed by atoms with Crippen LogP contribution in [0.4, 0.5) is 0 Å². The maximum absolute atomic E-state index is 12.9. The monoisotopic (exact) mass is 352 g/mol. The van der Waals surface area contributed by atoms with Gasteiger partial charge in [-0.2, -0.15) is 0 Å². The highest BCUT2D eigenvalue weighted by Gasteiger charge is 2.29. The van der Waals surface area contributed by atoms with Crippen molar-refractivity contribution in [2.45, 2.75) is 64.3 Å². The van der Waals surface area contributed by atoms with E-state index in [0.717, 1.165) is 62.5 Å². The molecule has 0 N–H and O–H groups in total. The molecule has 1 aromatic carbocycles. The van der Waals surface area contributed by atoms with Crippen LogP contribution in [-0.4, -0.2) is 38.7 Å². The predicted octanol–water partition coefficient (Wildman–Crippen LogP) is 3.59. The SMILES string of the molecule is CCc1ccc(C(=O)N2CCCC(c3nnc4n3CCCCC4)C2)cc1. The highest BCUT2D eigenvalue weighted by atomic mass is 16.2. The molecule has 0 saturated carbocycles. The average molecular weight is 352 g/mol. The van der Waals surface area contributed by atoms with E-state index in [-0.39, 0.29) is 5.91 Å². The van der Waals surface area contributed by atoms with Gasteiger partial charge in [-0.1, -0.05) is 25.5 Å². The van der Waals surface area contributed by atoms with Crippen LogP contribution in [0.1, 0.15) is 72.5 Å². The quantitative estimate of drug-likeness (QED) is 0.848. The summed E-state index contributed by atoms with van der Waals surface area (Å²) in [6, 6.07) is 8.06. The highest BCUT2D eigenvalue weighted by Crippen LogP contribution is 2.28. The number of piperidine rings is 1. The van der Waals surface area contributed by atoms with Crippen molar-refractivity contribution in [2.75, 3.05) is 13.1 Å². The molecule has 1 fully saturated rings. The molecule has 5 heteroatoms. The first-order valence-electron chi connectivity index (χ1n) is 10.1. The van der Waals surface area contributed by atoms with Crippen molar-refractivity contribution >= 4 is 5.91 Å². The molecule has 3 heterocycles. The van der Waals surface area contributed by atoms with Crippen molar-refractivity contribution < 1.29 is 4.79 Å². The van der Waals surface area contributed by atoms with E-state index in [0.29, 0.717) is 5.92 Å². The molecule has 1 unspecified atom stereocenters. The maximum Gasteiger partial charge on any atom is 0.253 e. The fraction of sp³-hybridized carbons (Fsp3) is 0.571. The Balaban J connectivity index is 1.50. The minimum atomic E-state index is 0.146. The molecule has 0 bridgehead atoms. The van der Waals surface area contributed by atoms with E-state index in [2.05, 4.69) is 33.8 Å². The Morgan fingerprint density at radius 3 is 2.73 bits per heavy atom. The third kappa shape index (κ3) is 3.39. The van der Waals surface area contributed by atoms with Crippen molar-refractivity contribution in [3.05, 3.63) is 47.0 Å². The molecular formula is C21H28N4O. The number of hydrogen-bond donors (Lipinski definition) is 0. The summed E-state index contributed by atoms with van der Waals surface area (Å²) < 4.78 is 2.34. The summed E-state index contributed by atoms with van der Waals surface area (Å²) in [6.07, 6.45) is 7.84. The second-order valence-electron chi connectivity index (χ2n) is 7.58. The summed E-state index contributed by atoms with van der Waals surface area (Å²) in [5, 5.41) is 8.98. The van der Waals surface area contributed by atoms with Crippen LogP contribution in [0.15, 0.2) is 24.3 Å². The fourth-order valence-electron chi connectivity index (χ4n) is 4.25. The van der Waals surface area contributed by atoms with Crippen LogP contribution in [0.25, 0.3) is 0 Å². The Morgan fingerprint density at radius 2 is 1.92 bits per heavy atom. The molecule has 2 aliphatic heterocycles. The van der Waals surface area contributed by atoms with Gasteiger partial charge in [-0.05, 0) is 49.8 Å². The molecular weight excluding hydrogens is 324 g/mol. The second-order valence-corrected chi connectivity index (χ2v) is 7.58. The minimum Gasteiger partial charge on any atom is -0.338 e. The summed E-state index contributed by atoms with van der Waals surface area (Å²) in [4.78, 5) is 14.9. The molecule has 0 radical (unpaired) electrons. The Morgan fingerprint density at radius 1 is 1.08 bits per heavy atom. The van der Waals surface area contributed by atoms with Crippen molar-refractivity contribution in [1.29, 1.82) is 0 Å². The van der Waals surface area contributed by atoms with E-state index in [1.165, 1.54) is 24.8 Å². The number of hydrogen-bond acceptors (Lipinski definition) is 3. The average Bonchev–Trinajstić information content (AvgIpc) is 2.96. The Hall–Kier alpha value is -2.17. The highest BCUT2D eigenvalue weighted by molar-refractivity contribution is 5.94. The smallest absolute Gasteiger partial charge is 0.253 e. The molecule has 1 aromatic heterocycles. The number of carbonyl (C=O) groups is 1. The zero-order chi connectivity index (χ0) is 17.9. The first kappa shape index (κ1) is 17.3. The van der Waals surface area contributed by atoms with Crippen LogP contribution in [0.3, 0.4) is 0 Å². The van der Waals surface area contributed by atoms with Gasteiger partial charge in [0, 0.05) is 37.5 Å². The van der Waals surface area contributed by atoms with Crippen LogP contribution in [0.2, 0.25) is 0 Å². The number of benzene rings is 1.